The van der Waals surface area contributed by atoms with Gasteiger partial charge in [0.2, 0.25) is 0 Å². The van der Waals surface area contributed by atoms with Crippen LogP contribution in [-0.4, -0.2) is 87.9 Å². The number of guanidine groups is 1. The van der Waals surface area contributed by atoms with Crippen LogP contribution in [0.3, 0.4) is 0 Å². The quantitative estimate of drug-likeness (QED) is 0.339. The van der Waals surface area contributed by atoms with E-state index in [2.05, 4.69) is 39.3 Å². The van der Waals surface area contributed by atoms with E-state index in [-0.39, 0.29) is 24.0 Å². The second kappa shape index (κ2) is 13.1. The lowest BCUT2D eigenvalue weighted by Gasteiger charge is -2.37. The Morgan fingerprint density at radius 3 is 2.32 bits per heavy atom. The summed E-state index contributed by atoms with van der Waals surface area (Å²) in [6, 6.07) is 0.523. The molecule has 2 aliphatic heterocycles. The minimum absolute atomic E-state index is 0. The first-order valence-corrected chi connectivity index (χ1v) is 9.69. The first kappa shape index (κ1) is 22.9. The van der Waals surface area contributed by atoms with Gasteiger partial charge in [-0.05, 0) is 31.8 Å². The molecule has 0 aromatic heterocycles. The van der Waals surface area contributed by atoms with Crippen LogP contribution in [-0.2, 0) is 4.74 Å². The van der Waals surface area contributed by atoms with Crippen molar-refractivity contribution in [3.05, 3.63) is 0 Å². The van der Waals surface area contributed by atoms with Crippen LogP contribution >= 0.6 is 24.0 Å². The van der Waals surface area contributed by atoms with Crippen molar-refractivity contribution in [3.8, 4) is 0 Å². The molecule has 0 saturated carbocycles. The van der Waals surface area contributed by atoms with Crippen molar-refractivity contribution in [2.75, 3.05) is 66.1 Å². The molecule has 0 aromatic carbocycles. The lowest BCUT2D eigenvalue weighted by Crippen LogP contribution is -2.53. The smallest absolute Gasteiger partial charge is 0.191 e. The van der Waals surface area contributed by atoms with Crippen molar-refractivity contribution in [1.82, 2.24) is 20.4 Å². The number of halogens is 1. The summed E-state index contributed by atoms with van der Waals surface area (Å²) in [6.07, 6.45) is 4.09. The standard InChI is InChI=1S/C18H37N5O.HI/c1-16(2)17(23-11-13-24-14-12-23)15-21-18(19-3)20-7-10-22-8-5-4-6-9-22;/h16-17H,4-15H2,1-3H3,(H2,19,20,21);1H. The largest absolute Gasteiger partial charge is 0.379 e. The molecular formula is C18H38IN5O. The summed E-state index contributed by atoms with van der Waals surface area (Å²) < 4.78 is 5.48. The lowest BCUT2D eigenvalue weighted by molar-refractivity contribution is 0.00752. The molecule has 1 unspecified atom stereocenters. The minimum Gasteiger partial charge on any atom is -0.379 e. The van der Waals surface area contributed by atoms with Crippen LogP contribution in [0.4, 0.5) is 0 Å². The molecular weight excluding hydrogens is 429 g/mol. The molecule has 1 atom stereocenters. The Balaban J connectivity index is 0.00000312. The Kier molecular flexibility index (Phi) is 12.0. The normalized spacial score (nSPS) is 21.7. The van der Waals surface area contributed by atoms with Crippen molar-refractivity contribution in [2.45, 2.75) is 39.2 Å². The SMILES string of the molecule is CN=C(NCCN1CCCCC1)NCC(C(C)C)N1CCOCC1.I. The van der Waals surface area contributed by atoms with Crippen molar-refractivity contribution in [2.24, 2.45) is 10.9 Å². The van der Waals surface area contributed by atoms with E-state index in [9.17, 15) is 0 Å². The molecule has 2 aliphatic rings. The van der Waals surface area contributed by atoms with Gasteiger partial charge in [-0.15, -0.1) is 24.0 Å². The van der Waals surface area contributed by atoms with Gasteiger partial charge in [0, 0.05) is 45.8 Å². The minimum atomic E-state index is 0. The van der Waals surface area contributed by atoms with E-state index in [4.69, 9.17) is 4.74 Å². The Morgan fingerprint density at radius 2 is 1.72 bits per heavy atom. The van der Waals surface area contributed by atoms with E-state index in [0.717, 1.165) is 51.9 Å². The van der Waals surface area contributed by atoms with Gasteiger partial charge in [-0.2, -0.15) is 0 Å². The topological polar surface area (TPSA) is 52.1 Å². The molecule has 0 aliphatic carbocycles. The molecule has 2 N–H and O–H groups in total. The van der Waals surface area contributed by atoms with Gasteiger partial charge in [0.1, 0.15) is 0 Å². The number of ether oxygens (including phenoxy) is 1. The van der Waals surface area contributed by atoms with Crippen LogP contribution in [0.15, 0.2) is 4.99 Å². The molecule has 0 aromatic rings. The summed E-state index contributed by atoms with van der Waals surface area (Å²) in [5.41, 5.74) is 0. The maximum absolute atomic E-state index is 5.48. The molecule has 25 heavy (non-hydrogen) atoms. The van der Waals surface area contributed by atoms with Crippen molar-refractivity contribution < 1.29 is 4.74 Å². The van der Waals surface area contributed by atoms with Crippen LogP contribution in [0.25, 0.3) is 0 Å². The maximum Gasteiger partial charge on any atom is 0.191 e. The number of rotatable bonds is 7. The summed E-state index contributed by atoms with van der Waals surface area (Å²) >= 11 is 0. The fourth-order valence-corrected chi connectivity index (χ4v) is 3.63. The molecule has 2 saturated heterocycles. The molecule has 148 valence electrons. The molecule has 0 spiro atoms. The Hall–Kier alpha value is -0.120. The summed E-state index contributed by atoms with van der Waals surface area (Å²) in [6.45, 7) is 13.9. The number of piperidine rings is 1. The summed E-state index contributed by atoms with van der Waals surface area (Å²) in [5.74, 6) is 1.54. The third kappa shape index (κ3) is 8.41. The zero-order valence-electron chi connectivity index (χ0n) is 16.3. The molecule has 2 fully saturated rings. The fourth-order valence-electron chi connectivity index (χ4n) is 3.63. The first-order chi connectivity index (χ1) is 11.7. The zero-order valence-corrected chi connectivity index (χ0v) is 18.6. The van der Waals surface area contributed by atoms with Crippen molar-refractivity contribution >= 4 is 29.9 Å². The molecule has 0 amide bonds. The molecule has 0 radical (unpaired) electrons. The van der Waals surface area contributed by atoms with Crippen LogP contribution in [0.2, 0.25) is 0 Å². The number of morpholine rings is 1. The zero-order chi connectivity index (χ0) is 17.2. The van der Waals surface area contributed by atoms with Crippen LogP contribution in [0.1, 0.15) is 33.1 Å². The van der Waals surface area contributed by atoms with Crippen molar-refractivity contribution in [1.29, 1.82) is 0 Å². The van der Waals surface area contributed by atoms with E-state index < -0.39 is 0 Å². The third-order valence-electron chi connectivity index (χ3n) is 5.16. The lowest BCUT2D eigenvalue weighted by atomic mass is 10.0. The molecule has 2 rings (SSSR count). The molecule has 2 heterocycles. The highest BCUT2D eigenvalue weighted by atomic mass is 127. The van der Waals surface area contributed by atoms with Gasteiger partial charge in [0.15, 0.2) is 5.96 Å². The van der Waals surface area contributed by atoms with E-state index in [1.54, 1.807) is 0 Å². The van der Waals surface area contributed by atoms with Gasteiger partial charge >= 0.3 is 0 Å². The highest BCUT2D eigenvalue weighted by molar-refractivity contribution is 14.0. The Morgan fingerprint density at radius 1 is 1.04 bits per heavy atom. The van der Waals surface area contributed by atoms with Crippen LogP contribution in [0.5, 0.6) is 0 Å². The van der Waals surface area contributed by atoms with Gasteiger partial charge in [-0.3, -0.25) is 9.89 Å². The predicted octanol–water partition coefficient (Wildman–Crippen LogP) is 1.61. The highest BCUT2D eigenvalue weighted by Gasteiger charge is 2.23. The molecule has 0 bridgehead atoms. The number of aliphatic imine (C=N–C) groups is 1. The first-order valence-electron chi connectivity index (χ1n) is 9.69. The number of nitrogens with zero attached hydrogens (tertiary/aromatic N) is 3. The molecule has 6 nitrogen and oxygen atoms in total. The second-order valence-electron chi connectivity index (χ2n) is 7.24. The Labute approximate surface area is 171 Å². The van der Waals surface area contributed by atoms with E-state index >= 15 is 0 Å². The highest BCUT2D eigenvalue weighted by Crippen LogP contribution is 2.12. The van der Waals surface area contributed by atoms with Gasteiger partial charge in [-0.1, -0.05) is 20.3 Å². The van der Waals surface area contributed by atoms with Gasteiger partial charge < -0.3 is 20.3 Å². The average molecular weight is 467 g/mol. The Bertz CT molecular complexity index is 368. The summed E-state index contributed by atoms with van der Waals surface area (Å²) in [4.78, 5) is 9.47. The third-order valence-corrected chi connectivity index (χ3v) is 5.16. The number of hydrogen-bond donors (Lipinski definition) is 2. The van der Waals surface area contributed by atoms with E-state index in [0.29, 0.717) is 12.0 Å². The van der Waals surface area contributed by atoms with Crippen LogP contribution < -0.4 is 10.6 Å². The summed E-state index contributed by atoms with van der Waals surface area (Å²) in [7, 11) is 1.86. The number of hydrogen-bond acceptors (Lipinski definition) is 4. The second-order valence-corrected chi connectivity index (χ2v) is 7.24. The van der Waals surface area contributed by atoms with E-state index in [1.165, 1.54) is 32.4 Å². The monoisotopic (exact) mass is 467 g/mol. The number of likely N-dealkylation sites (tertiary alicyclic amines) is 1. The van der Waals surface area contributed by atoms with E-state index in [1.807, 2.05) is 7.05 Å². The van der Waals surface area contributed by atoms with Crippen LogP contribution in [0, 0.1) is 5.92 Å². The number of nitrogens with one attached hydrogen (secondary N) is 2. The average Bonchev–Trinajstić information content (AvgIpc) is 2.62. The summed E-state index contributed by atoms with van der Waals surface area (Å²) in [5, 5.41) is 6.99. The van der Waals surface area contributed by atoms with Gasteiger partial charge in [-0.25, -0.2) is 0 Å². The predicted molar refractivity (Wildman–Crippen MR) is 116 cm³/mol. The van der Waals surface area contributed by atoms with Gasteiger partial charge in [0.05, 0.1) is 13.2 Å². The maximum atomic E-state index is 5.48. The molecule has 7 heteroatoms. The van der Waals surface area contributed by atoms with Gasteiger partial charge in [0.25, 0.3) is 0 Å². The fraction of sp³-hybridized carbons (Fsp3) is 0.944. The van der Waals surface area contributed by atoms with Crippen molar-refractivity contribution in [3.63, 3.8) is 0 Å².